The largest absolute Gasteiger partial charge is 0.509 e. The summed E-state index contributed by atoms with van der Waals surface area (Å²) in [6.45, 7) is -3.53. The van der Waals surface area contributed by atoms with Crippen molar-refractivity contribution in [2.75, 3.05) is 83.8 Å². The Balaban J connectivity index is 0.000000232. The molecular formula is C54H76N14O27P2S2. The highest BCUT2D eigenvalue weighted by Crippen LogP contribution is 2.64. The van der Waals surface area contributed by atoms with Crippen LogP contribution in [0.25, 0.3) is 22.3 Å². The quantitative estimate of drug-likeness (QED) is 0.0136. The van der Waals surface area contributed by atoms with E-state index in [1.165, 1.54) is 51.9 Å². The topological polar surface area (TPSA) is 537 Å². The second kappa shape index (κ2) is 34.2. The van der Waals surface area contributed by atoms with Crippen molar-refractivity contribution in [2.45, 2.75) is 145 Å². The first-order valence-electron chi connectivity index (χ1n) is 30.4. The number of methoxy groups -OCH3 is 2. The summed E-state index contributed by atoms with van der Waals surface area (Å²) in [7, 11) is 2.55. The van der Waals surface area contributed by atoms with Crippen LogP contribution in [0.3, 0.4) is 0 Å². The number of ether oxygens (including phenoxy) is 11. The van der Waals surface area contributed by atoms with E-state index in [0.717, 1.165) is 34.1 Å². The van der Waals surface area contributed by atoms with Crippen LogP contribution in [0.1, 0.15) is 78.3 Å². The highest BCUT2D eigenvalue weighted by Gasteiger charge is 2.53. The molecule has 546 valence electrons. The first-order valence-corrected chi connectivity index (χ1v) is 36.7. The fourth-order valence-corrected chi connectivity index (χ4v) is 15.9. The lowest BCUT2D eigenvalue weighted by molar-refractivity contribution is -0.0625. The minimum atomic E-state index is -4.42. The van der Waals surface area contributed by atoms with Gasteiger partial charge in [-0.1, -0.05) is 13.3 Å². The first kappa shape index (κ1) is 76.3. The maximum absolute atomic E-state index is 14.3. The first-order chi connectivity index (χ1) is 47.3. The molecule has 4 aliphatic rings. The van der Waals surface area contributed by atoms with Gasteiger partial charge in [-0.05, 0) is 27.2 Å². The zero-order valence-electron chi connectivity index (χ0n) is 53.9. The molecule has 10 rings (SSSR count). The molecule has 4 fully saturated rings. The minimum Gasteiger partial charge on any atom is -0.432 e. The highest BCUT2D eigenvalue weighted by atomic mass is 32.7. The standard InChI is InChI=1S/C28H40N7O14PS.C26H36N7O13PS/c1-3-4-7-43-8-9-44-28(40)45-15-51-50(41,49-22-17(11-36)48-26(23(22)42-2)34-6-5-19(38)33-27(34)39)46-12-18-16(37)10-20(47-18)35-14-32-21-24(29)30-13-31-25(21)35;1-26(2,3)45-25(38)41-12-48-47(39,46-19-14(8-34)44-23(20(19)40-4)32-6-5-16(36)31-24(32)37)42-9-15-13(35)7-17(43-15)33-11-30-18-21(27)28-10-29-22(18)33/h5-6,13-14,16-18,20,22-23,26,36-37H,3-4,7-12,15H2,1-2H3,(H2,29,30,31)(H,33,38,39);5-6,10-11,13-15,17,19-20,23,34-35H,7-9,12H2,1-4H3,(H2,27,28,29)(H,31,36,37)/t16?,17-,18-,20-,22?,23+,26-,50?;13?,14-,15-,17-,19?,20+,23-,47?/m11/s1. The minimum absolute atomic E-state index is 0.0700. The molecule has 6 aromatic rings. The monoisotopic (exact) mass is 1480 g/mol. The summed E-state index contributed by atoms with van der Waals surface area (Å²) in [6.07, 6.45) is -7.86. The van der Waals surface area contributed by atoms with Crippen molar-refractivity contribution in [3.8, 4) is 0 Å². The number of fused-ring (bicyclic) bond motifs is 2. The fourth-order valence-electron chi connectivity index (χ4n) is 10.4. The third-order valence-electron chi connectivity index (χ3n) is 15.1. The van der Waals surface area contributed by atoms with Gasteiger partial charge in [0.2, 0.25) is 0 Å². The van der Waals surface area contributed by atoms with E-state index in [9.17, 15) is 58.3 Å². The van der Waals surface area contributed by atoms with Gasteiger partial charge in [0.05, 0.1) is 57.9 Å². The number of aromatic nitrogens is 12. The molecule has 0 saturated carbocycles. The third-order valence-corrected chi connectivity index (χ3v) is 21.8. The second-order valence-electron chi connectivity index (χ2n) is 22.9. The summed E-state index contributed by atoms with van der Waals surface area (Å²) in [5, 5.41) is 42.0. The molecule has 0 aliphatic carbocycles. The number of nitrogen functional groups attached to an aromatic ring is 2. The van der Waals surface area contributed by atoms with Gasteiger partial charge in [0.1, 0.15) is 97.2 Å². The predicted molar refractivity (Wildman–Crippen MR) is 342 cm³/mol. The number of anilines is 2. The molecule has 0 amide bonds. The molecule has 41 nitrogen and oxygen atoms in total. The zero-order chi connectivity index (χ0) is 71.3. The summed E-state index contributed by atoms with van der Waals surface area (Å²) in [6, 6.07) is 2.18. The van der Waals surface area contributed by atoms with Crippen molar-refractivity contribution in [3.05, 3.63) is 91.5 Å². The summed E-state index contributed by atoms with van der Waals surface area (Å²) >= 11 is 0.943. The lowest BCUT2D eigenvalue weighted by Crippen LogP contribution is -2.39. The molecule has 6 aromatic heterocycles. The van der Waals surface area contributed by atoms with Crippen LogP contribution in [0, 0.1) is 0 Å². The Morgan fingerprint density at radius 3 is 1.49 bits per heavy atom. The van der Waals surface area contributed by atoms with E-state index < -0.39 is 178 Å². The van der Waals surface area contributed by atoms with E-state index in [1.807, 2.05) is 6.92 Å². The van der Waals surface area contributed by atoms with Gasteiger partial charge in [-0.2, -0.15) is 0 Å². The number of hydrogen-bond acceptors (Lipinski definition) is 37. The molecule has 4 aliphatic heterocycles. The van der Waals surface area contributed by atoms with Crippen molar-refractivity contribution >= 4 is 82.6 Å². The molecule has 4 saturated heterocycles. The maximum Gasteiger partial charge on any atom is 0.509 e. The smallest absolute Gasteiger partial charge is 0.432 e. The normalized spacial score (nSPS) is 26.6. The molecule has 0 bridgehead atoms. The van der Waals surface area contributed by atoms with E-state index in [-0.39, 0.29) is 37.7 Å². The van der Waals surface area contributed by atoms with E-state index in [1.54, 1.807) is 29.9 Å². The number of H-pyrrole nitrogens is 2. The molecule has 0 radical (unpaired) electrons. The Kier molecular flexibility index (Phi) is 26.4. The van der Waals surface area contributed by atoms with Crippen LogP contribution in [-0.2, 0) is 79.3 Å². The van der Waals surface area contributed by atoms with E-state index in [2.05, 4.69) is 39.9 Å². The zero-order valence-corrected chi connectivity index (χ0v) is 57.3. The van der Waals surface area contributed by atoms with Crippen LogP contribution in [-0.4, -0.2) is 230 Å². The number of unbranched alkanes of at least 4 members (excludes halogenated alkanes) is 1. The van der Waals surface area contributed by atoms with Crippen molar-refractivity contribution in [1.82, 2.24) is 58.1 Å². The lowest BCUT2D eigenvalue weighted by atomic mass is 10.1. The predicted octanol–water partition coefficient (Wildman–Crippen LogP) is 1.35. The average molecular weight is 1480 g/mol. The number of carbonyl (C=O) groups excluding carboxylic acids is 2. The Hall–Kier alpha value is -6.84. The second-order valence-corrected chi connectivity index (χ2v) is 30.8. The molecule has 0 aromatic carbocycles. The number of carbonyl (C=O) groups is 2. The maximum atomic E-state index is 14.3. The number of aliphatic hydroxyl groups is 4. The van der Waals surface area contributed by atoms with Gasteiger partial charge in [-0.15, -0.1) is 0 Å². The van der Waals surface area contributed by atoms with Crippen molar-refractivity contribution in [2.24, 2.45) is 0 Å². The number of nitrogens with two attached hydrogens (primary N) is 2. The third kappa shape index (κ3) is 19.2. The van der Waals surface area contributed by atoms with Crippen molar-refractivity contribution in [1.29, 1.82) is 0 Å². The van der Waals surface area contributed by atoms with E-state index >= 15 is 0 Å². The number of nitrogens with one attached hydrogen (secondary N) is 2. The summed E-state index contributed by atoms with van der Waals surface area (Å²) in [5.74, 6) is -0.787. The van der Waals surface area contributed by atoms with E-state index in [0.29, 0.717) is 51.7 Å². The van der Waals surface area contributed by atoms with Gasteiger partial charge in [0, 0.05) is 81.0 Å². The molecule has 10 heterocycles. The van der Waals surface area contributed by atoms with Crippen molar-refractivity contribution in [3.63, 3.8) is 0 Å². The average Bonchev–Trinajstić information content (AvgIpc) is 1.66. The highest BCUT2D eigenvalue weighted by molar-refractivity contribution is 8.55. The molecule has 10 N–H and O–H groups in total. The van der Waals surface area contributed by atoms with Gasteiger partial charge in [-0.3, -0.25) is 55.9 Å². The van der Waals surface area contributed by atoms with Gasteiger partial charge >= 0.3 is 37.3 Å². The van der Waals surface area contributed by atoms with Gasteiger partial charge in [0.15, 0.2) is 47.3 Å². The number of nitrogens with zero attached hydrogens (tertiary/aromatic N) is 10. The van der Waals surface area contributed by atoms with Crippen LogP contribution in [0.4, 0.5) is 21.2 Å². The Morgan fingerprint density at radius 1 is 0.626 bits per heavy atom. The van der Waals surface area contributed by atoms with Gasteiger partial charge in [-0.25, -0.2) is 58.2 Å². The number of aliphatic hydroxyl groups excluding tert-OH is 4. The Bertz CT molecular complexity index is 4050. The van der Waals surface area contributed by atoms with Crippen LogP contribution in [0.2, 0.25) is 0 Å². The Labute approximate surface area is 568 Å². The van der Waals surface area contributed by atoms with Crippen molar-refractivity contribution < 1.29 is 109 Å². The summed E-state index contributed by atoms with van der Waals surface area (Å²) in [5.41, 5.74) is 9.41. The molecule has 45 heteroatoms. The van der Waals surface area contributed by atoms with Crippen LogP contribution >= 0.6 is 36.4 Å². The summed E-state index contributed by atoms with van der Waals surface area (Å²) < 4.78 is 118. The molecule has 16 atom stereocenters. The lowest BCUT2D eigenvalue weighted by Gasteiger charge is -2.28. The number of aromatic amines is 2. The molecule has 99 heavy (non-hydrogen) atoms. The number of imidazole rings is 2. The number of rotatable bonds is 30. The van der Waals surface area contributed by atoms with E-state index in [4.69, 9.17) is 81.7 Å². The fraction of sp³-hybridized carbons (Fsp3) is 0.630. The van der Waals surface area contributed by atoms with Crippen LogP contribution < -0.4 is 34.0 Å². The summed E-state index contributed by atoms with van der Waals surface area (Å²) in [4.78, 5) is 102. The Morgan fingerprint density at radius 2 is 1.08 bits per heavy atom. The molecular weight excluding hydrogens is 1400 g/mol. The molecule has 0 spiro atoms. The SMILES string of the molecule is CCCCOCCOC(=O)OCSP(=O)(OC[C@H]1O[C@@H](n2cnc3c(N)ncnc32)CC1O)OC1[C@@H](CO)O[C@@H](n2ccc(=O)[nH]c2=O)[C@H]1OC.CO[C@H]1C(OP(=O)(OC[C@H]2O[C@@H](n3cnc4c(N)ncnc43)CC2O)SCOC(=O)OC(C)(C)C)[C@@H](CO)O[C@H]1n1ccc(=O)[nH]c1=O. The molecule has 6 unspecified atom stereocenters. The van der Waals surface area contributed by atoms with Crippen LogP contribution in [0.5, 0.6) is 0 Å². The number of hydrogen-bond donors (Lipinski definition) is 8. The van der Waals surface area contributed by atoms with Gasteiger partial charge in [0.25, 0.3) is 11.1 Å². The van der Waals surface area contributed by atoms with Gasteiger partial charge < -0.3 is 84.0 Å². The van der Waals surface area contributed by atoms with Crippen LogP contribution in [0.15, 0.2) is 69.0 Å².